The second-order valence-electron chi connectivity index (χ2n) is 5.76. The van der Waals surface area contributed by atoms with Crippen molar-refractivity contribution in [1.82, 2.24) is 14.7 Å². The van der Waals surface area contributed by atoms with Crippen LogP contribution in [-0.4, -0.2) is 57.2 Å². The number of rotatable bonds is 5. The van der Waals surface area contributed by atoms with E-state index in [1.807, 2.05) is 0 Å². The molecule has 0 radical (unpaired) electrons. The molecule has 0 aliphatic heterocycles. The fourth-order valence-corrected chi connectivity index (χ4v) is 2.28. The molecule has 0 unspecified atom stereocenters. The number of urea groups is 1. The van der Waals surface area contributed by atoms with Gasteiger partial charge in [0, 0.05) is 19.8 Å². The molecule has 0 bridgehead atoms. The zero-order valence-electron chi connectivity index (χ0n) is 14.2. The van der Waals surface area contributed by atoms with Crippen LogP contribution in [0.4, 0.5) is 23.7 Å². The van der Waals surface area contributed by atoms with Crippen molar-refractivity contribution in [2.24, 2.45) is 7.05 Å². The summed E-state index contributed by atoms with van der Waals surface area (Å²) in [6, 6.07) is 6.68. The molecule has 1 aromatic heterocycles. The topological polar surface area (TPSA) is 90.6 Å². The van der Waals surface area contributed by atoms with Crippen molar-refractivity contribution in [3.63, 3.8) is 0 Å². The largest absolute Gasteiger partial charge is 0.435 e. The number of hydrogen-bond donors (Lipinski definition) is 3. The van der Waals surface area contributed by atoms with Gasteiger partial charge in [0.25, 0.3) is 0 Å². The Morgan fingerprint density at radius 3 is 2.46 bits per heavy atom. The number of amides is 2. The van der Waals surface area contributed by atoms with Gasteiger partial charge < -0.3 is 20.4 Å². The first-order valence-corrected chi connectivity index (χ1v) is 7.64. The predicted octanol–water partition coefficient (Wildman–Crippen LogP) is 1.92. The molecule has 0 saturated heterocycles. The van der Waals surface area contributed by atoms with Gasteiger partial charge in [-0.25, -0.2) is 4.79 Å². The lowest BCUT2D eigenvalue weighted by Gasteiger charge is -2.20. The van der Waals surface area contributed by atoms with Gasteiger partial charge in [0.15, 0.2) is 5.69 Å². The summed E-state index contributed by atoms with van der Waals surface area (Å²) in [6.07, 6.45) is -5.56. The van der Waals surface area contributed by atoms with E-state index in [-0.39, 0.29) is 6.54 Å². The van der Waals surface area contributed by atoms with Crippen molar-refractivity contribution in [1.29, 1.82) is 0 Å². The van der Waals surface area contributed by atoms with Gasteiger partial charge in [0.05, 0.1) is 24.9 Å². The third kappa shape index (κ3) is 4.73. The van der Waals surface area contributed by atoms with E-state index in [9.17, 15) is 23.1 Å². The van der Waals surface area contributed by atoms with Crippen molar-refractivity contribution in [3.8, 4) is 11.3 Å². The van der Waals surface area contributed by atoms with E-state index in [0.29, 0.717) is 16.9 Å². The van der Waals surface area contributed by atoms with E-state index in [1.165, 1.54) is 19.0 Å². The average Bonchev–Trinajstić information content (AvgIpc) is 2.97. The summed E-state index contributed by atoms with van der Waals surface area (Å²) in [5.41, 5.74) is 0.259. The van der Waals surface area contributed by atoms with E-state index in [2.05, 4.69) is 10.4 Å². The molecule has 7 nitrogen and oxygen atoms in total. The van der Waals surface area contributed by atoms with Crippen LogP contribution in [0.15, 0.2) is 30.3 Å². The smallest absolute Gasteiger partial charge is 0.394 e. The summed E-state index contributed by atoms with van der Waals surface area (Å²) in [5.74, 6) is 0. The Balaban J connectivity index is 2.09. The molecule has 0 saturated carbocycles. The van der Waals surface area contributed by atoms with Crippen LogP contribution in [0.25, 0.3) is 11.3 Å². The van der Waals surface area contributed by atoms with Gasteiger partial charge in [-0.2, -0.15) is 18.3 Å². The number of aromatic nitrogens is 2. The number of nitrogens with zero attached hydrogens (tertiary/aromatic N) is 3. The molecule has 2 aromatic rings. The molecule has 2 rings (SSSR count). The molecule has 26 heavy (non-hydrogen) atoms. The fourth-order valence-electron chi connectivity index (χ4n) is 2.28. The maximum absolute atomic E-state index is 12.7. The van der Waals surface area contributed by atoms with E-state index in [4.69, 9.17) is 5.11 Å². The Morgan fingerprint density at radius 1 is 1.35 bits per heavy atom. The van der Waals surface area contributed by atoms with E-state index < -0.39 is 30.6 Å². The van der Waals surface area contributed by atoms with Crippen LogP contribution in [0.5, 0.6) is 0 Å². The summed E-state index contributed by atoms with van der Waals surface area (Å²) in [6.45, 7) is -0.507. The molecule has 1 heterocycles. The lowest BCUT2D eigenvalue weighted by atomic mass is 10.1. The average molecular weight is 372 g/mol. The summed E-state index contributed by atoms with van der Waals surface area (Å²) < 4.78 is 39.3. The quantitative estimate of drug-likeness (QED) is 0.748. The van der Waals surface area contributed by atoms with Crippen LogP contribution in [0, 0.1) is 0 Å². The number of likely N-dealkylation sites (N-methyl/N-ethyl adjacent to an activating group) is 1. The van der Waals surface area contributed by atoms with Crippen LogP contribution in [-0.2, 0) is 13.2 Å². The molecule has 1 atom stereocenters. The Bertz CT molecular complexity index is 759. The van der Waals surface area contributed by atoms with E-state index in [0.717, 1.165) is 10.7 Å². The first-order chi connectivity index (χ1) is 12.1. The number of nitrogens with one attached hydrogen (secondary N) is 1. The standard InChI is InChI=1S/C16H19F3N4O3/c1-22(8-12(25)9-24)15(26)20-11-5-3-10(4-6-11)13-7-14(16(17,18)19)21-23(13)2/h3-7,12,24-25H,8-9H2,1-2H3,(H,20,26)/t12-/m0/s1. The van der Waals surface area contributed by atoms with Crippen molar-refractivity contribution in [2.45, 2.75) is 12.3 Å². The summed E-state index contributed by atoms with van der Waals surface area (Å²) in [5, 5.41) is 24.2. The number of carbonyl (C=O) groups excluding carboxylic acids is 1. The fraction of sp³-hybridized carbons (Fsp3) is 0.375. The number of anilines is 1. The minimum atomic E-state index is -4.52. The zero-order chi connectivity index (χ0) is 19.5. The summed E-state index contributed by atoms with van der Waals surface area (Å²) >= 11 is 0. The third-order valence-electron chi connectivity index (χ3n) is 3.64. The normalized spacial score (nSPS) is 12.7. The molecule has 2 amide bonds. The highest BCUT2D eigenvalue weighted by molar-refractivity contribution is 5.89. The number of benzene rings is 1. The lowest BCUT2D eigenvalue weighted by molar-refractivity contribution is -0.141. The predicted molar refractivity (Wildman–Crippen MR) is 88.4 cm³/mol. The number of alkyl halides is 3. The van der Waals surface area contributed by atoms with E-state index >= 15 is 0 Å². The number of halogens is 3. The highest BCUT2D eigenvalue weighted by atomic mass is 19.4. The molecule has 0 fully saturated rings. The van der Waals surface area contributed by atoms with Gasteiger partial charge >= 0.3 is 12.2 Å². The molecule has 10 heteroatoms. The van der Waals surface area contributed by atoms with Gasteiger partial charge in [0.1, 0.15) is 0 Å². The molecule has 0 aliphatic carbocycles. The first-order valence-electron chi connectivity index (χ1n) is 7.64. The molecule has 1 aromatic carbocycles. The zero-order valence-corrected chi connectivity index (χ0v) is 14.2. The molecule has 0 spiro atoms. The Kier molecular flexibility index (Phi) is 5.88. The van der Waals surface area contributed by atoms with Gasteiger partial charge in [-0.1, -0.05) is 12.1 Å². The minimum absolute atomic E-state index is 0.0460. The van der Waals surface area contributed by atoms with Crippen LogP contribution in [0.3, 0.4) is 0 Å². The molecule has 0 aliphatic rings. The molecular formula is C16H19F3N4O3. The van der Waals surface area contributed by atoms with Crippen molar-refractivity contribution < 1.29 is 28.2 Å². The second kappa shape index (κ2) is 7.75. The number of hydrogen-bond acceptors (Lipinski definition) is 4. The van der Waals surface area contributed by atoms with E-state index in [1.54, 1.807) is 24.3 Å². The lowest BCUT2D eigenvalue weighted by Crippen LogP contribution is -2.38. The summed E-state index contributed by atoms with van der Waals surface area (Å²) in [4.78, 5) is 13.2. The Morgan fingerprint density at radius 2 is 1.96 bits per heavy atom. The number of carbonyl (C=O) groups is 1. The Hall–Kier alpha value is -2.59. The highest BCUT2D eigenvalue weighted by Gasteiger charge is 2.34. The van der Waals surface area contributed by atoms with Crippen LogP contribution >= 0.6 is 0 Å². The van der Waals surface area contributed by atoms with Crippen LogP contribution in [0.1, 0.15) is 5.69 Å². The highest BCUT2D eigenvalue weighted by Crippen LogP contribution is 2.31. The SMILES string of the molecule is CN(C[C@H](O)CO)C(=O)Nc1ccc(-c2cc(C(F)(F)F)nn2C)cc1. The van der Waals surface area contributed by atoms with Crippen molar-refractivity contribution in [2.75, 3.05) is 25.5 Å². The van der Waals surface area contributed by atoms with Gasteiger partial charge in [-0.05, 0) is 23.8 Å². The minimum Gasteiger partial charge on any atom is -0.394 e. The third-order valence-corrected chi connectivity index (χ3v) is 3.64. The van der Waals surface area contributed by atoms with Crippen LogP contribution in [0.2, 0.25) is 0 Å². The molecule has 3 N–H and O–H groups in total. The molecular weight excluding hydrogens is 353 g/mol. The molecule has 142 valence electrons. The van der Waals surface area contributed by atoms with Gasteiger partial charge in [-0.15, -0.1) is 0 Å². The van der Waals surface area contributed by atoms with Crippen molar-refractivity contribution in [3.05, 3.63) is 36.0 Å². The maximum atomic E-state index is 12.7. The number of aryl methyl sites for hydroxylation is 1. The number of aliphatic hydroxyl groups is 2. The maximum Gasteiger partial charge on any atom is 0.435 e. The van der Waals surface area contributed by atoms with Gasteiger partial charge in [0.2, 0.25) is 0 Å². The van der Waals surface area contributed by atoms with Gasteiger partial charge in [-0.3, -0.25) is 4.68 Å². The number of aliphatic hydroxyl groups excluding tert-OH is 2. The second-order valence-corrected chi connectivity index (χ2v) is 5.76. The summed E-state index contributed by atoms with van der Waals surface area (Å²) in [7, 11) is 2.87. The Labute approximate surface area is 147 Å². The van der Waals surface area contributed by atoms with Crippen molar-refractivity contribution >= 4 is 11.7 Å². The van der Waals surface area contributed by atoms with Crippen LogP contribution < -0.4 is 5.32 Å². The monoisotopic (exact) mass is 372 g/mol. The first kappa shape index (κ1) is 19.7.